The standard InChI is InChI=1S/C15H19F2NO3/c1-14(2,3)21-13(20)18(5)15(4,9-19)10-6-7-11(16)12(17)8-10/h6-9H,1-5H3. The zero-order valence-corrected chi connectivity index (χ0v) is 12.7. The normalized spacial score (nSPS) is 14.2. The van der Waals surface area contributed by atoms with E-state index in [9.17, 15) is 18.4 Å². The van der Waals surface area contributed by atoms with Crippen LogP contribution in [0.25, 0.3) is 0 Å². The van der Waals surface area contributed by atoms with Gasteiger partial charge < -0.3 is 9.53 Å². The quantitative estimate of drug-likeness (QED) is 0.805. The van der Waals surface area contributed by atoms with Gasteiger partial charge in [0.2, 0.25) is 0 Å². The van der Waals surface area contributed by atoms with Crippen molar-refractivity contribution in [2.24, 2.45) is 0 Å². The van der Waals surface area contributed by atoms with E-state index in [1.54, 1.807) is 20.8 Å². The van der Waals surface area contributed by atoms with E-state index >= 15 is 0 Å². The maximum absolute atomic E-state index is 13.4. The Labute approximate surface area is 122 Å². The van der Waals surface area contributed by atoms with Crippen LogP contribution in [0.1, 0.15) is 33.3 Å². The first-order valence-electron chi connectivity index (χ1n) is 6.40. The first-order chi connectivity index (χ1) is 9.51. The van der Waals surface area contributed by atoms with Crippen LogP contribution in [0.4, 0.5) is 13.6 Å². The minimum Gasteiger partial charge on any atom is -0.444 e. The molecule has 1 atom stereocenters. The molecule has 0 aliphatic heterocycles. The van der Waals surface area contributed by atoms with Gasteiger partial charge in [0.05, 0.1) is 0 Å². The molecule has 0 aromatic heterocycles. The number of aldehydes is 1. The third kappa shape index (κ3) is 3.77. The van der Waals surface area contributed by atoms with Crippen molar-refractivity contribution in [2.75, 3.05) is 7.05 Å². The van der Waals surface area contributed by atoms with E-state index in [1.807, 2.05) is 0 Å². The lowest BCUT2D eigenvalue weighted by Crippen LogP contribution is -2.48. The Bertz CT molecular complexity index is 554. The van der Waals surface area contributed by atoms with E-state index < -0.39 is 28.9 Å². The molecule has 1 aromatic carbocycles. The van der Waals surface area contributed by atoms with Crippen molar-refractivity contribution < 1.29 is 23.1 Å². The van der Waals surface area contributed by atoms with Crippen molar-refractivity contribution in [3.63, 3.8) is 0 Å². The van der Waals surface area contributed by atoms with Gasteiger partial charge in [-0.2, -0.15) is 0 Å². The van der Waals surface area contributed by atoms with Gasteiger partial charge in [-0.25, -0.2) is 13.6 Å². The van der Waals surface area contributed by atoms with Crippen LogP contribution in [0.3, 0.4) is 0 Å². The van der Waals surface area contributed by atoms with Crippen LogP contribution >= 0.6 is 0 Å². The molecular formula is C15H19F2NO3. The number of rotatable bonds is 3. The molecule has 0 aliphatic carbocycles. The summed E-state index contributed by atoms with van der Waals surface area (Å²) in [7, 11) is 1.36. The highest BCUT2D eigenvalue weighted by Crippen LogP contribution is 2.28. The van der Waals surface area contributed by atoms with E-state index in [-0.39, 0.29) is 5.56 Å². The molecule has 0 saturated heterocycles. The summed E-state index contributed by atoms with van der Waals surface area (Å²) in [4.78, 5) is 24.6. The summed E-state index contributed by atoms with van der Waals surface area (Å²) < 4.78 is 31.5. The third-order valence-electron chi connectivity index (χ3n) is 3.10. The second kappa shape index (κ2) is 5.79. The number of likely N-dealkylation sites (N-methyl/N-ethyl adjacent to an activating group) is 1. The van der Waals surface area contributed by atoms with Crippen molar-refractivity contribution in [3.05, 3.63) is 35.4 Å². The Morgan fingerprint density at radius 3 is 2.19 bits per heavy atom. The molecule has 6 heteroatoms. The lowest BCUT2D eigenvalue weighted by Gasteiger charge is -2.35. The van der Waals surface area contributed by atoms with Gasteiger partial charge in [0.1, 0.15) is 17.4 Å². The van der Waals surface area contributed by atoms with Crippen LogP contribution in [-0.2, 0) is 15.1 Å². The predicted molar refractivity (Wildman–Crippen MR) is 73.8 cm³/mol. The Morgan fingerprint density at radius 2 is 1.76 bits per heavy atom. The smallest absolute Gasteiger partial charge is 0.411 e. The van der Waals surface area contributed by atoms with E-state index in [4.69, 9.17) is 4.74 Å². The monoisotopic (exact) mass is 299 g/mol. The maximum Gasteiger partial charge on any atom is 0.411 e. The molecule has 1 rings (SSSR count). The number of nitrogens with zero attached hydrogens (tertiary/aromatic N) is 1. The Morgan fingerprint density at radius 1 is 1.19 bits per heavy atom. The fourth-order valence-electron chi connectivity index (χ4n) is 1.67. The fraction of sp³-hybridized carbons (Fsp3) is 0.467. The number of halogens is 2. The van der Waals surface area contributed by atoms with Crippen LogP contribution in [0.15, 0.2) is 18.2 Å². The highest BCUT2D eigenvalue weighted by Gasteiger charge is 2.37. The van der Waals surface area contributed by atoms with E-state index in [0.29, 0.717) is 6.29 Å². The molecule has 0 heterocycles. The molecule has 1 unspecified atom stereocenters. The Hall–Kier alpha value is -1.98. The molecule has 0 spiro atoms. The van der Waals surface area contributed by atoms with Gasteiger partial charge in [0.25, 0.3) is 0 Å². The summed E-state index contributed by atoms with van der Waals surface area (Å²) in [5, 5.41) is 0. The van der Waals surface area contributed by atoms with Gasteiger partial charge >= 0.3 is 6.09 Å². The fourth-order valence-corrected chi connectivity index (χ4v) is 1.67. The Balaban J connectivity index is 3.16. The molecule has 0 aliphatic rings. The predicted octanol–water partition coefficient (Wildman–Crippen LogP) is 3.25. The number of hydrogen-bond donors (Lipinski definition) is 0. The van der Waals surface area contributed by atoms with Gasteiger partial charge in [0, 0.05) is 7.05 Å². The summed E-state index contributed by atoms with van der Waals surface area (Å²) in [5.74, 6) is -2.11. The number of ether oxygens (including phenoxy) is 1. The van der Waals surface area contributed by atoms with Gasteiger partial charge in [-0.15, -0.1) is 0 Å². The minimum atomic E-state index is -1.46. The molecule has 0 saturated carbocycles. The topological polar surface area (TPSA) is 46.6 Å². The van der Waals surface area contributed by atoms with Crippen LogP contribution in [0.2, 0.25) is 0 Å². The first kappa shape index (κ1) is 17.1. The summed E-state index contributed by atoms with van der Waals surface area (Å²) in [6, 6.07) is 3.06. The largest absolute Gasteiger partial charge is 0.444 e. The maximum atomic E-state index is 13.4. The van der Waals surface area contributed by atoms with Gasteiger partial charge in [0.15, 0.2) is 11.6 Å². The van der Waals surface area contributed by atoms with Crippen molar-refractivity contribution in [2.45, 2.75) is 38.8 Å². The lowest BCUT2D eigenvalue weighted by molar-refractivity contribution is -0.117. The second-order valence-electron chi connectivity index (χ2n) is 5.93. The van der Waals surface area contributed by atoms with E-state index in [1.165, 1.54) is 20.0 Å². The highest BCUT2D eigenvalue weighted by atomic mass is 19.2. The Kier molecular flexibility index (Phi) is 4.71. The summed E-state index contributed by atoms with van der Waals surface area (Å²) in [6.45, 7) is 6.49. The average molecular weight is 299 g/mol. The van der Waals surface area contributed by atoms with Crippen LogP contribution in [0, 0.1) is 11.6 Å². The number of amides is 1. The molecule has 4 nitrogen and oxygen atoms in total. The lowest BCUT2D eigenvalue weighted by atomic mass is 9.92. The van der Waals surface area contributed by atoms with E-state index in [2.05, 4.69) is 0 Å². The summed E-state index contributed by atoms with van der Waals surface area (Å²) in [6.07, 6.45) is -0.245. The number of carbonyl (C=O) groups is 2. The summed E-state index contributed by atoms with van der Waals surface area (Å²) in [5.41, 5.74) is -2.04. The second-order valence-corrected chi connectivity index (χ2v) is 5.93. The summed E-state index contributed by atoms with van der Waals surface area (Å²) >= 11 is 0. The van der Waals surface area contributed by atoms with Crippen molar-refractivity contribution in [1.29, 1.82) is 0 Å². The molecule has 116 valence electrons. The van der Waals surface area contributed by atoms with E-state index in [0.717, 1.165) is 17.0 Å². The van der Waals surface area contributed by atoms with Crippen molar-refractivity contribution in [1.82, 2.24) is 4.90 Å². The molecule has 1 aromatic rings. The van der Waals surface area contributed by atoms with Gasteiger partial charge in [-0.1, -0.05) is 6.07 Å². The molecule has 21 heavy (non-hydrogen) atoms. The first-order valence-corrected chi connectivity index (χ1v) is 6.40. The molecule has 1 amide bonds. The van der Waals surface area contributed by atoms with Gasteiger partial charge in [-0.3, -0.25) is 4.90 Å². The number of benzene rings is 1. The third-order valence-corrected chi connectivity index (χ3v) is 3.10. The van der Waals surface area contributed by atoms with Gasteiger partial charge in [-0.05, 0) is 45.4 Å². The minimum absolute atomic E-state index is 0.157. The average Bonchev–Trinajstić information content (AvgIpc) is 2.38. The van der Waals surface area contributed by atoms with Crippen LogP contribution in [-0.4, -0.2) is 29.9 Å². The molecule has 0 bridgehead atoms. The highest BCUT2D eigenvalue weighted by molar-refractivity contribution is 5.77. The van der Waals surface area contributed by atoms with Crippen LogP contribution in [0.5, 0.6) is 0 Å². The number of carbonyl (C=O) groups excluding carboxylic acids is 2. The van der Waals surface area contributed by atoms with Crippen molar-refractivity contribution >= 4 is 12.4 Å². The molecular weight excluding hydrogens is 280 g/mol. The SMILES string of the molecule is CN(C(=O)OC(C)(C)C)C(C)(C=O)c1ccc(F)c(F)c1. The zero-order chi connectivity index (χ0) is 16.4. The zero-order valence-electron chi connectivity index (χ0n) is 12.7. The van der Waals surface area contributed by atoms with Crippen LogP contribution < -0.4 is 0 Å². The molecule has 0 radical (unpaired) electrons. The number of hydrogen-bond acceptors (Lipinski definition) is 3. The molecule has 0 fully saturated rings. The molecule has 0 N–H and O–H groups in total. The van der Waals surface area contributed by atoms with Crippen molar-refractivity contribution in [3.8, 4) is 0 Å².